The van der Waals surface area contributed by atoms with E-state index < -0.39 is 0 Å². The standard InChI is InChI=1S/C19H20N4O/c24-19(12-11-16-7-3-1-4-8-16)22-18(15-23-20-13-14-21-23)17-9-5-2-6-10-17/h1-10,13-14,18H,11-12,15H2,(H,22,24). The van der Waals surface area contributed by atoms with Crippen LogP contribution in [-0.2, 0) is 17.8 Å². The zero-order valence-corrected chi connectivity index (χ0v) is 13.4. The topological polar surface area (TPSA) is 59.8 Å². The lowest BCUT2D eigenvalue weighted by molar-refractivity contribution is -0.121. The fraction of sp³-hybridized carbons (Fsp3) is 0.211. The normalized spacial score (nSPS) is 11.8. The minimum absolute atomic E-state index is 0.0277. The SMILES string of the molecule is O=C(CCc1ccccc1)NC(Cn1nccn1)c1ccccc1. The van der Waals surface area contributed by atoms with Crippen LogP contribution in [0, 0.1) is 0 Å². The number of nitrogens with one attached hydrogen (secondary N) is 1. The van der Waals surface area contributed by atoms with Crippen LogP contribution in [0.25, 0.3) is 0 Å². The minimum Gasteiger partial charge on any atom is -0.347 e. The van der Waals surface area contributed by atoms with E-state index in [2.05, 4.69) is 15.5 Å². The van der Waals surface area contributed by atoms with Gasteiger partial charge in [-0.1, -0.05) is 60.7 Å². The predicted octanol–water partition coefficient (Wildman–Crippen LogP) is 2.77. The molecule has 3 rings (SSSR count). The lowest BCUT2D eigenvalue weighted by atomic mass is 10.1. The molecular weight excluding hydrogens is 300 g/mol. The predicted molar refractivity (Wildman–Crippen MR) is 92.1 cm³/mol. The molecule has 0 bridgehead atoms. The van der Waals surface area contributed by atoms with Crippen LogP contribution >= 0.6 is 0 Å². The number of carbonyl (C=O) groups excluding carboxylic acids is 1. The summed E-state index contributed by atoms with van der Waals surface area (Å²) in [7, 11) is 0. The van der Waals surface area contributed by atoms with Gasteiger partial charge in [-0.2, -0.15) is 15.0 Å². The molecule has 0 spiro atoms. The highest BCUT2D eigenvalue weighted by atomic mass is 16.1. The van der Waals surface area contributed by atoms with Crippen molar-refractivity contribution in [3.8, 4) is 0 Å². The van der Waals surface area contributed by atoms with E-state index in [9.17, 15) is 4.79 Å². The third-order valence-corrected chi connectivity index (χ3v) is 3.83. The largest absolute Gasteiger partial charge is 0.347 e. The van der Waals surface area contributed by atoms with Gasteiger partial charge in [0.1, 0.15) is 0 Å². The monoisotopic (exact) mass is 320 g/mol. The van der Waals surface area contributed by atoms with Gasteiger partial charge in [0.25, 0.3) is 0 Å². The number of aryl methyl sites for hydroxylation is 1. The summed E-state index contributed by atoms with van der Waals surface area (Å²) >= 11 is 0. The van der Waals surface area contributed by atoms with Crippen molar-refractivity contribution < 1.29 is 4.79 Å². The first-order valence-corrected chi connectivity index (χ1v) is 8.03. The summed E-state index contributed by atoms with van der Waals surface area (Å²) in [5, 5.41) is 11.4. The van der Waals surface area contributed by atoms with Crippen molar-refractivity contribution in [2.45, 2.75) is 25.4 Å². The second-order valence-electron chi connectivity index (χ2n) is 5.60. The molecule has 5 heteroatoms. The number of hydrogen-bond acceptors (Lipinski definition) is 3. The lowest BCUT2D eigenvalue weighted by Gasteiger charge is -2.19. The molecule has 1 N–H and O–H groups in total. The summed E-state index contributed by atoms with van der Waals surface area (Å²) in [4.78, 5) is 14.0. The molecule has 0 saturated heterocycles. The molecule has 0 fully saturated rings. The number of rotatable bonds is 7. The van der Waals surface area contributed by atoms with Crippen LogP contribution < -0.4 is 5.32 Å². The molecule has 0 aliphatic rings. The van der Waals surface area contributed by atoms with E-state index >= 15 is 0 Å². The molecule has 24 heavy (non-hydrogen) atoms. The molecular formula is C19H20N4O. The molecule has 1 atom stereocenters. The van der Waals surface area contributed by atoms with Gasteiger partial charge >= 0.3 is 0 Å². The zero-order valence-electron chi connectivity index (χ0n) is 13.4. The van der Waals surface area contributed by atoms with Gasteiger partial charge in [0, 0.05) is 6.42 Å². The highest BCUT2D eigenvalue weighted by Crippen LogP contribution is 2.15. The van der Waals surface area contributed by atoms with Gasteiger partial charge in [0.15, 0.2) is 0 Å². The Balaban J connectivity index is 1.63. The van der Waals surface area contributed by atoms with E-state index in [-0.39, 0.29) is 11.9 Å². The average Bonchev–Trinajstić information content (AvgIpc) is 3.14. The van der Waals surface area contributed by atoms with Crippen LogP contribution in [0.4, 0.5) is 0 Å². The number of aromatic nitrogens is 3. The second-order valence-corrected chi connectivity index (χ2v) is 5.60. The molecule has 122 valence electrons. The van der Waals surface area contributed by atoms with Gasteiger partial charge in [-0.3, -0.25) is 4.79 Å². The van der Waals surface area contributed by atoms with Crippen molar-refractivity contribution in [1.29, 1.82) is 0 Å². The number of carbonyl (C=O) groups is 1. The molecule has 0 aliphatic carbocycles. The first kappa shape index (κ1) is 15.9. The maximum absolute atomic E-state index is 12.4. The Morgan fingerprint density at radius 1 is 0.958 bits per heavy atom. The van der Waals surface area contributed by atoms with Crippen molar-refractivity contribution in [2.24, 2.45) is 0 Å². The van der Waals surface area contributed by atoms with Gasteiger partial charge < -0.3 is 5.32 Å². The van der Waals surface area contributed by atoms with Crippen molar-refractivity contribution in [3.63, 3.8) is 0 Å². The molecule has 5 nitrogen and oxygen atoms in total. The maximum Gasteiger partial charge on any atom is 0.220 e. The Kier molecular flexibility index (Phi) is 5.35. The summed E-state index contributed by atoms with van der Waals surface area (Å²) in [5.74, 6) is 0.0277. The fourth-order valence-corrected chi connectivity index (χ4v) is 2.59. The number of hydrogen-bond donors (Lipinski definition) is 1. The van der Waals surface area contributed by atoms with Gasteiger partial charge in [0.2, 0.25) is 5.91 Å². The van der Waals surface area contributed by atoms with E-state index in [1.807, 2.05) is 60.7 Å². The molecule has 1 amide bonds. The molecule has 1 heterocycles. The summed E-state index contributed by atoms with van der Waals surface area (Å²) in [6, 6.07) is 19.8. The maximum atomic E-state index is 12.4. The zero-order chi connectivity index (χ0) is 16.6. The highest BCUT2D eigenvalue weighted by molar-refractivity contribution is 5.76. The van der Waals surface area contributed by atoms with Crippen molar-refractivity contribution in [3.05, 3.63) is 84.2 Å². The molecule has 3 aromatic rings. The van der Waals surface area contributed by atoms with Crippen LogP contribution in [0.15, 0.2) is 73.1 Å². The van der Waals surface area contributed by atoms with E-state index in [1.165, 1.54) is 0 Å². The Labute approximate surface area is 141 Å². The smallest absolute Gasteiger partial charge is 0.220 e. The Bertz CT molecular complexity index is 742. The fourth-order valence-electron chi connectivity index (χ4n) is 2.59. The summed E-state index contributed by atoms with van der Waals surface area (Å²) in [6.07, 6.45) is 4.46. The van der Waals surface area contributed by atoms with Crippen LogP contribution in [0.3, 0.4) is 0 Å². The molecule has 0 aliphatic heterocycles. The third kappa shape index (κ3) is 4.52. The molecule has 2 aromatic carbocycles. The van der Waals surface area contributed by atoms with Gasteiger partial charge in [-0.15, -0.1) is 0 Å². The van der Waals surface area contributed by atoms with E-state index in [1.54, 1.807) is 17.2 Å². The molecule has 1 unspecified atom stereocenters. The van der Waals surface area contributed by atoms with Gasteiger partial charge in [-0.05, 0) is 17.5 Å². The summed E-state index contributed by atoms with van der Waals surface area (Å²) < 4.78 is 0. The van der Waals surface area contributed by atoms with Gasteiger partial charge in [0.05, 0.1) is 25.0 Å². The average molecular weight is 320 g/mol. The van der Waals surface area contributed by atoms with Crippen molar-refractivity contribution in [1.82, 2.24) is 20.3 Å². The Morgan fingerprint density at radius 2 is 1.58 bits per heavy atom. The van der Waals surface area contributed by atoms with Crippen LogP contribution in [0.1, 0.15) is 23.6 Å². The summed E-state index contributed by atoms with van der Waals surface area (Å²) in [6.45, 7) is 0.508. The van der Waals surface area contributed by atoms with Crippen LogP contribution in [0.5, 0.6) is 0 Å². The second kappa shape index (κ2) is 8.06. The van der Waals surface area contributed by atoms with Crippen molar-refractivity contribution >= 4 is 5.91 Å². The molecule has 0 saturated carbocycles. The highest BCUT2D eigenvalue weighted by Gasteiger charge is 2.16. The molecule has 1 aromatic heterocycles. The first-order valence-electron chi connectivity index (χ1n) is 8.03. The van der Waals surface area contributed by atoms with E-state index in [0.717, 1.165) is 17.5 Å². The third-order valence-electron chi connectivity index (χ3n) is 3.83. The Hall–Kier alpha value is -2.95. The van der Waals surface area contributed by atoms with Crippen LogP contribution in [0.2, 0.25) is 0 Å². The number of amides is 1. The van der Waals surface area contributed by atoms with E-state index in [0.29, 0.717) is 13.0 Å². The van der Waals surface area contributed by atoms with Gasteiger partial charge in [-0.25, -0.2) is 0 Å². The Morgan fingerprint density at radius 3 is 2.25 bits per heavy atom. The minimum atomic E-state index is -0.151. The molecule has 0 radical (unpaired) electrons. The van der Waals surface area contributed by atoms with Crippen LogP contribution in [-0.4, -0.2) is 20.9 Å². The van der Waals surface area contributed by atoms with Crippen molar-refractivity contribution in [2.75, 3.05) is 0 Å². The number of nitrogens with zero attached hydrogens (tertiary/aromatic N) is 3. The quantitative estimate of drug-likeness (QED) is 0.728. The first-order chi connectivity index (χ1) is 11.8. The lowest BCUT2D eigenvalue weighted by Crippen LogP contribution is -2.32. The van der Waals surface area contributed by atoms with E-state index in [4.69, 9.17) is 0 Å². The number of benzene rings is 2. The summed E-state index contributed by atoms with van der Waals surface area (Å²) in [5.41, 5.74) is 2.21.